The van der Waals surface area contributed by atoms with E-state index in [4.69, 9.17) is 4.99 Å². The molecule has 1 amide bonds. The highest BCUT2D eigenvalue weighted by atomic mass is 32.2. The topological polar surface area (TPSA) is 116 Å². The molecule has 2 aromatic carbocycles. The average Bonchev–Trinajstić information content (AvgIpc) is 3.16. The van der Waals surface area contributed by atoms with Gasteiger partial charge < -0.3 is 10.3 Å². The maximum absolute atomic E-state index is 12.4. The van der Waals surface area contributed by atoms with Crippen LogP contribution in [0.3, 0.4) is 0 Å². The summed E-state index contributed by atoms with van der Waals surface area (Å²) in [5.41, 5.74) is 2.84. The SMILES string of the molecule is CC1(C)N=C(c2nc(-c3ccccc3C(=O)NS(C)(=O)=O)c[nH]2)Nc2ccccc21. The quantitative estimate of drug-likeness (QED) is 0.597. The number of rotatable bonds is 4. The van der Waals surface area contributed by atoms with E-state index in [1.807, 2.05) is 42.8 Å². The third-order valence-electron chi connectivity index (χ3n) is 4.76. The average molecular weight is 423 g/mol. The molecule has 1 aromatic heterocycles. The Bertz CT molecular complexity index is 1280. The minimum Gasteiger partial charge on any atom is -0.341 e. The number of aromatic amines is 1. The van der Waals surface area contributed by atoms with E-state index in [0.29, 0.717) is 22.9 Å². The van der Waals surface area contributed by atoms with E-state index in [1.54, 1.807) is 30.5 Å². The van der Waals surface area contributed by atoms with Gasteiger partial charge in [-0.3, -0.25) is 9.79 Å². The number of amidine groups is 1. The lowest BCUT2D eigenvalue weighted by molar-refractivity contribution is 0.0982. The van der Waals surface area contributed by atoms with Gasteiger partial charge in [0.15, 0.2) is 11.7 Å². The number of H-pyrrole nitrogens is 1. The first kappa shape index (κ1) is 19.8. The largest absolute Gasteiger partial charge is 0.341 e. The van der Waals surface area contributed by atoms with Gasteiger partial charge in [-0.2, -0.15) is 0 Å². The first-order chi connectivity index (χ1) is 14.1. The molecule has 3 aromatic rings. The van der Waals surface area contributed by atoms with Gasteiger partial charge in [-0.1, -0.05) is 36.4 Å². The van der Waals surface area contributed by atoms with Crippen molar-refractivity contribution >= 4 is 27.5 Å². The molecule has 0 saturated heterocycles. The van der Waals surface area contributed by atoms with Crippen molar-refractivity contribution < 1.29 is 13.2 Å². The number of hydrogen-bond donors (Lipinski definition) is 3. The Morgan fingerprint density at radius 1 is 1.07 bits per heavy atom. The summed E-state index contributed by atoms with van der Waals surface area (Å²) in [4.78, 5) is 24.9. The molecule has 154 valence electrons. The number of imidazole rings is 1. The lowest BCUT2D eigenvalue weighted by Gasteiger charge is -2.30. The minimum atomic E-state index is -3.68. The summed E-state index contributed by atoms with van der Waals surface area (Å²) in [6, 6.07) is 14.7. The van der Waals surface area contributed by atoms with E-state index in [9.17, 15) is 13.2 Å². The van der Waals surface area contributed by atoms with E-state index >= 15 is 0 Å². The normalized spacial score (nSPS) is 15.0. The molecule has 0 aliphatic carbocycles. The number of para-hydroxylation sites is 1. The van der Waals surface area contributed by atoms with E-state index in [1.165, 1.54) is 0 Å². The van der Waals surface area contributed by atoms with E-state index in [0.717, 1.165) is 17.5 Å². The number of nitrogens with zero attached hydrogens (tertiary/aromatic N) is 2. The lowest BCUT2D eigenvalue weighted by Crippen LogP contribution is -2.30. The summed E-state index contributed by atoms with van der Waals surface area (Å²) >= 11 is 0. The van der Waals surface area contributed by atoms with Crippen LogP contribution in [0.25, 0.3) is 11.3 Å². The molecule has 0 bridgehead atoms. The second-order valence-electron chi connectivity index (χ2n) is 7.57. The zero-order chi connectivity index (χ0) is 21.5. The van der Waals surface area contributed by atoms with Gasteiger partial charge in [0.25, 0.3) is 5.91 Å². The van der Waals surface area contributed by atoms with Gasteiger partial charge in [0.2, 0.25) is 10.0 Å². The molecule has 8 nitrogen and oxygen atoms in total. The van der Waals surface area contributed by atoms with Gasteiger partial charge in [0.05, 0.1) is 17.5 Å². The first-order valence-electron chi connectivity index (χ1n) is 9.28. The van der Waals surface area contributed by atoms with Crippen LogP contribution in [-0.2, 0) is 15.6 Å². The number of aliphatic imine (C=N–C) groups is 1. The molecular weight excluding hydrogens is 402 g/mol. The summed E-state index contributed by atoms with van der Waals surface area (Å²) < 4.78 is 24.9. The van der Waals surface area contributed by atoms with Crippen molar-refractivity contribution in [1.29, 1.82) is 0 Å². The van der Waals surface area contributed by atoms with Crippen molar-refractivity contribution in [3.63, 3.8) is 0 Å². The number of sulfonamides is 1. The Morgan fingerprint density at radius 2 is 1.77 bits per heavy atom. The number of fused-ring (bicyclic) bond motifs is 1. The third-order valence-corrected chi connectivity index (χ3v) is 5.31. The Balaban J connectivity index is 1.70. The predicted octanol–water partition coefficient (Wildman–Crippen LogP) is 2.87. The van der Waals surface area contributed by atoms with Crippen molar-refractivity contribution in [2.24, 2.45) is 4.99 Å². The molecule has 30 heavy (non-hydrogen) atoms. The fourth-order valence-electron chi connectivity index (χ4n) is 3.44. The first-order valence-corrected chi connectivity index (χ1v) is 11.2. The lowest BCUT2D eigenvalue weighted by atomic mass is 9.92. The van der Waals surface area contributed by atoms with E-state index in [-0.39, 0.29) is 5.56 Å². The van der Waals surface area contributed by atoms with Crippen LogP contribution >= 0.6 is 0 Å². The number of benzene rings is 2. The number of carbonyl (C=O) groups is 1. The van der Waals surface area contributed by atoms with Crippen LogP contribution < -0.4 is 10.0 Å². The molecule has 9 heteroatoms. The Labute approximate surface area is 174 Å². The van der Waals surface area contributed by atoms with Gasteiger partial charge in [-0.25, -0.2) is 18.1 Å². The number of anilines is 1. The van der Waals surface area contributed by atoms with Crippen LogP contribution in [0.15, 0.2) is 59.7 Å². The second-order valence-corrected chi connectivity index (χ2v) is 9.32. The van der Waals surface area contributed by atoms with Crippen LogP contribution in [0, 0.1) is 0 Å². The molecule has 3 N–H and O–H groups in total. The molecule has 1 aliphatic heterocycles. The molecular formula is C21H21N5O3S. The van der Waals surface area contributed by atoms with Gasteiger partial charge in [0, 0.05) is 28.6 Å². The number of nitrogens with one attached hydrogen (secondary N) is 3. The molecule has 0 atom stereocenters. The van der Waals surface area contributed by atoms with Crippen molar-refractivity contribution in [2.45, 2.75) is 19.4 Å². The minimum absolute atomic E-state index is 0.213. The van der Waals surface area contributed by atoms with Crippen LogP contribution in [0.1, 0.15) is 35.6 Å². The maximum atomic E-state index is 12.4. The van der Waals surface area contributed by atoms with Gasteiger partial charge >= 0.3 is 0 Å². The zero-order valence-corrected chi connectivity index (χ0v) is 17.5. The summed E-state index contributed by atoms with van der Waals surface area (Å²) in [6.07, 6.45) is 2.60. The fraction of sp³-hybridized carbons (Fsp3) is 0.190. The summed E-state index contributed by atoms with van der Waals surface area (Å²) in [5.74, 6) is 0.398. The molecule has 2 heterocycles. The standard InChI is InChI=1S/C21H21N5O3S/c1-21(2)15-10-6-7-11-16(15)23-19(25-21)18-22-12-17(24-18)13-8-4-5-9-14(13)20(27)26-30(3,28)29/h4-12H,1-3H3,(H,22,24)(H,23,25)(H,26,27). The Morgan fingerprint density at radius 3 is 2.53 bits per heavy atom. The third kappa shape index (κ3) is 3.84. The predicted molar refractivity (Wildman–Crippen MR) is 116 cm³/mol. The fourth-order valence-corrected chi connectivity index (χ4v) is 3.89. The zero-order valence-electron chi connectivity index (χ0n) is 16.7. The van der Waals surface area contributed by atoms with Crippen LogP contribution in [0.5, 0.6) is 0 Å². The summed E-state index contributed by atoms with van der Waals surface area (Å²) in [5, 5.41) is 3.30. The maximum Gasteiger partial charge on any atom is 0.265 e. The van der Waals surface area contributed by atoms with Gasteiger partial charge in [-0.05, 0) is 26.0 Å². The van der Waals surface area contributed by atoms with Crippen molar-refractivity contribution in [3.05, 3.63) is 71.7 Å². The molecule has 0 fully saturated rings. The monoisotopic (exact) mass is 423 g/mol. The summed E-state index contributed by atoms with van der Waals surface area (Å²) in [7, 11) is -3.68. The van der Waals surface area contributed by atoms with Crippen molar-refractivity contribution in [1.82, 2.24) is 14.7 Å². The summed E-state index contributed by atoms with van der Waals surface area (Å²) in [6.45, 7) is 4.06. The van der Waals surface area contributed by atoms with E-state index < -0.39 is 21.5 Å². The van der Waals surface area contributed by atoms with Crippen molar-refractivity contribution in [2.75, 3.05) is 11.6 Å². The number of amides is 1. The van der Waals surface area contributed by atoms with Crippen molar-refractivity contribution in [3.8, 4) is 11.3 Å². The molecule has 0 spiro atoms. The highest BCUT2D eigenvalue weighted by Gasteiger charge is 2.29. The molecule has 0 saturated carbocycles. The van der Waals surface area contributed by atoms with Crippen LogP contribution in [-0.4, -0.2) is 36.4 Å². The highest BCUT2D eigenvalue weighted by molar-refractivity contribution is 7.89. The molecule has 4 rings (SSSR count). The number of hydrogen-bond acceptors (Lipinski definition) is 6. The molecule has 0 unspecified atom stereocenters. The highest BCUT2D eigenvalue weighted by Crippen LogP contribution is 2.35. The smallest absolute Gasteiger partial charge is 0.265 e. The van der Waals surface area contributed by atoms with Gasteiger partial charge in [-0.15, -0.1) is 0 Å². The van der Waals surface area contributed by atoms with E-state index in [2.05, 4.69) is 15.3 Å². The second kappa shape index (κ2) is 7.10. The van der Waals surface area contributed by atoms with Gasteiger partial charge in [0.1, 0.15) is 0 Å². The number of carbonyl (C=O) groups excluding carboxylic acids is 1. The van der Waals surface area contributed by atoms with Crippen LogP contribution in [0.2, 0.25) is 0 Å². The molecule has 0 radical (unpaired) electrons. The molecule has 1 aliphatic rings. The Kier molecular flexibility index (Phi) is 4.70. The Hall–Kier alpha value is -3.46. The number of aromatic nitrogens is 2. The van der Waals surface area contributed by atoms with Crippen LogP contribution in [0.4, 0.5) is 5.69 Å².